The van der Waals surface area contributed by atoms with Gasteiger partial charge in [-0.05, 0) is 54.7 Å². The van der Waals surface area contributed by atoms with E-state index >= 15 is 0 Å². The number of nitrogens with zero attached hydrogens (tertiary/aromatic N) is 3. The van der Waals surface area contributed by atoms with Gasteiger partial charge in [-0.2, -0.15) is 0 Å². The number of hydrogen-bond acceptors (Lipinski definition) is 3. The number of aromatic nitrogens is 3. The predicted molar refractivity (Wildman–Crippen MR) is 107 cm³/mol. The van der Waals surface area contributed by atoms with Crippen LogP contribution in [0.4, 0.5) is 0 Å². The van der Waals surface area contributed by atoms with Crippen molar-refractivity contribution in [3.05, 3.63) is 47.5 Å². The standard InChI is InChI=1S/C22H29N3O/c1-3-5-6-7-8-10-18-12-14-21(22(26)16-18)25-23-19-13-11-17(9-4-2)15-20(19)24-25/h11-16,26H,3-10H2,1-2H3. The average Bonchev–Trinajstić information content (AvgIpc) is 3.05. The number of aromatic hydroxyl groups is 1. The molecule has 138 valence electrons. The second-order valence-electron chi connectivity index (χ2n) is 7.05. The van der Waals surface area contributed by atoms with E-state index in [9.17, 15) is 5.11 Å². The maximum atomic E-state index is 10.4. The topological polar surface area (TPSA) is 50.9 Å². The van der Waals surface area contributed by atoms with Crippen molar-refractivity contribution >= 4 is 11.0 Å². The van der Waals surface area contributed by atoms with Crippen molar-refractivity contribution < 1.29 is 5.11 Å². The van der Waals surface area contributed by atoms with Gasteiger partial charge in [0.25, 0.3) is 0 Å². The summed E-state index contributed by atoms with van der Waals surface area (Å²) in [5, 5.41) is 19.5. The molecule has 0 saturated carbocycles. The smallest absolute Gasteiger partial charge is 0.143 e. The number of rotatable bonds is 9. The van der Waals surface area contributed by atoms with Gasteiger partial charge in [-0.3, -0.25) is 0 Å². The Morgan fingerprint density at radius 1 is 0.769 bits per heavy atom. The Hall–Kier alpha value is -2.36. The molecular weight excluding hydrogens is 322 g/mol. The predicted octanol–water partition coefficient (Wildman–Crippen LogP) is 5.59. The molecule has 26 heavy (non-hydrogen) atoms. The van der Waals surface area contributed by atoms with E-state index in [0.29, 0.717) is 5.69 Å². The van der Waals surface area contributed by atoms with E-state index in [-0.39, 0.29) is 5.75 Å². The van der Waals surface area contributed by atoms with Crippen molar-refractivity contribution in [3.63, 3.8) is 0 Å². The SMILES string of the molecule is CCCCCCCc1ccc(-n2nc3ccc(CCC)cc3n2)c(O)c1. The number of aryl methyl sites for hydroxylation is 2. The molecule has 0 amide bonds. The number of fused-ring (bicyclic) bond motifs is 1. The van der Waals surface area contributed by atoms with Gasteiger partial charge in [-0.25, -0.2) is 0 Å². The zero-order chi connectivity index (χ0) is 18.4. The molecule has 2 aromatic carbocycles. The van der Waals surface area contributed by atoms with Crippen molar-refractivity contribution in [2.24, 2.45) is 0 Å². The van der Waals surface area contributed by atoms with Crippen molar-refractivity contribution in [2.75, 3.05) is 0 Å². The summed E-state index contributed by atoms with van der Waals surface area (Å²) in [4.78, 5) is 1.54. The van der Waals surface area contributed by atoms with Crippen LogP contribution in [0.15, 0.2) is 36.4 Å². The lowest BCUT2D eigenvalue weighted by atomic mass is 10.0. The van der Waals surface area contributed by atoms with Crippen LogP contribution in [0.2, 0.25) is 0 Å². The molecule has 4 heteroatoms. The maximum absolute atomic E-state index is 10.4. The highest BCUT2D eigenvalue weighted by molar-refractivity contribution is 5.74. The lowest BCUT2D eigenvalue weighted by molar-refractivity contribution is 0.466. The van der Waals surface area contributed by atoms with E-state index in [2.05, 4.69) is 42.2 Å². The van der Waals surface area contributed by atoms with Crippen LogP contribution >= 0.6 is 0 Å². The minimum absolute atomic E-state index is 0.241. The van der Waals surface area contributed by atoms with Gasteiger partial charge in [-0.1, -0.05) is 58.1 Å². The van der Waals surface area contributed by atoms with E-state index in [1.807, 2.05) is 18.2 Å². The van der Waals surface area contributed by atoms with E-state index < -0.39 is 0 Å². The molecular formula is C22H29N3O. The van der Waals surface area contributed by atoms with Gasteiger partial charge < -0.3 is 5.11 Å². The molecule has 0 spiro atoms. The summed E-state index contributed by atoms with van der Waals surface area (Å²) in [5.41, 5.74) is 4.80. The lowest BCUT2D eigenvalue weighted by Crippen LogP contribution is -1.99. The van der Waals surface area contributed by atoms with Gasteiger partial charge in [-0.15, -0.1) is 15.0 Å². The monoisotopic (exact) mass is 351 g/mol. The first-order valence-electron chi connectivity index (χ1n) is 9.89. The highest BCUT2D eigenvalue weighted by Gasteiger charge is 2.10. The number of phenolic OH excluding ortho intramolecular Hbond substituents is 1. The summed E-state index contributed by atoms with van der Waals surface area (Å²) in [7, 11) is 0. The Labute approximate surface area is 155 Å². The first-order chi connectivity index (χ1) is 12.7. The fourth-order valence-electron chi connectivity index (χ4n) is 3.34. The molecule has 0 radical (unpaired) electrons. The summed E-state index contributed by atoms with van der Waals surface area (Å²) in [6.07, 6.45) is 9.45. The molecule has 0 aliphatic heterocycles. The molecule has 0 saturated heterocycles. The Bertz CT molecular complexity index is 854. The maximum Gasteiger partial charge on any atom is 0.143 e. The minimum atomic E-state index is 0.241. The summed E-state index contributed by atoms with van der Waals surface area (Å²) in [6, 6.07) is 12.0. The first-order valence-corrected chi connectivity index (χ1v) is 9.89. The highest BCUT2D eigenvalue weighted by Crippen LogP contribution is 2.24. The van der Waals surface area contributed by atoms with Gasteiger partial charge >= 0.3 is 0 Å². The highest BCUT2D eigenvalue weighted by atomic mass is 16.3. The van der Waals surface area contributed by atoms with Crippen LogP contribution in [0, 0.1) is 0 Å². The molecule has 0 aliphatic carbocycles. The van der Waals surface area contributed by atoms with Crippen LogP contribution in [-0.2, 0) is 12.8 Å². The molecule has 0 unspecified atom stereocenters. The molecule has 1 aromatic heterocycles. The Morgan fingerprint density at radius 3 is 2.27 bits per heavy atom. The van der Waals surface area contributed by atoms with Gasteiger partial charge in [0.15, 0.2) is 0 Å². The molecule has 3 rings (SSSR count). The zero-order valence-corrected chi connectivity index (χ0v) is 15.9. The second-order valence-corrected chi connectivity index (χ2v) is 7.05. The fraction of sp³-hybridized carbons (Fsp3) is 0.455. The largest absolute Gasteiger partial charge is 0.506 e. The van der Waals surface area contributed by atoms with Crippen LogP contribution in [0.3, 0.4) is 0 Å². The molecule has 1 heterocycles. The summed E-state index contributed by atoms with van der Waals surface area (Å²) >= 11 is 0. The van der Waals surface area contributed by atoms with E-state index in [0.717, 1.165) is 30.3 Å². The van der Waals surface area contributed by atoms with Crippen molar-refractivity contribution in [1.29, 1.82) is 0 Å². The number of benzene rings is 2. The van der Waals surface area contributed by atoms with Crippen LogP contribution in [-0.4, -0.2) is 20.1 Å². The van der Waals surface area contributed by atoms with Gasteiger partial charge in [0.1, 0.15) is 22.5 Å². The summed E-state index contributed by atoms with van der Waals surface area (Å²) in [5.74, 6) is 0.241. The second kappa shape index (κ2) is 8.84. The average molecular weight is 351 g/mol. The normalized spacial score (nSPS) is 11.3. The van der Waals surface area contributed by atoms with E-state index in [1.54, 1.807) is 4.80 Å². The van der Waals surface area contributed by atoms with Crippen molar-refractivity contribution in [1.82, 2.24) is 15.0 Å². The molecule has 0 aliphatic rings. The quantitative estimate of drug-likeness (QED) is 0.511. The Morgan fingerprint density at radius 2 is 1.50 bits per heavy atom. The minimum Gasteiger partial charge on any atom is -0.506 e. The zero-order valence-electron chi connectivity index (χ0n) is 15.9. The molecule has 0 bridgehead atoms. The van der Waals surface area contributed by atoms with Crippen LogP contribution in [0.1, 0.15) is 63.5 Å². The van der Waals surface area contributed by atoms with E-state index in [1.165, 1.54) is 43.2 Å². The Balaban J connectivity index is 1.73. The van der Waals surface area contributed by atoms with Crippen molar-refractivity contribution in [3.8, 4) is 11.4 Å². The molecule has 4 nitrogen and oxygen atoms in total. The Kier molecular flexibility index (Phi) is 6.26. The fourth-order valence-corrected chi connectivity index (χ4v) is 3.34. The van der Waals surface area contributed by atoms with E-state index in [4.69, 9.17) is 0 Å². The molecule has 3 aromatic rings. The number of hydrogen-bond donors (Lipinski definition) is 1. The third-order valence-electron chi connectivity index (χ3n) is 4.81. The molecule has 1 N–H and O–H groups in total. The summed E-state index contributed by atoms with van der Waals surface area (Å²) < 4.78 is 0. The molecule has 0 atom stereocenters. The van der Waals surface area contributed by atoms with Crippen LogP contribution < -0.4 is 0 Å². The van der Waals surface area contributed by atoms with Gasteiger partial charge in [0.05, 0.1) is 0 Å². The lowest BCUT2D eigenvalue weighted by Gasteiger charge is -2.06. The number of unbranched alkanes of at least 4 members (excludes halogenated alkanes) is 4. The van der Waals surface area contributed by atoms with Gasteiger partial charge in [0, 0.05) is 0 Å². The van der Waals surface area contributed by atoms with Gasteiger partial charge in [0.2, 0.25) is 0 Å². The molecule has 0 fully saturated rings. The first kappa shape index (κ1) is 18.4. The van der Waals surface area contributed by atoms with Crippen molar-refractivity contribution in [2.45, 2.75) is 65.2 Å². The van der Waals surface area contributed by atoms with Crippen LogP contribution in [0.5, 0.6) is 5.75 Å². The number of phenols is 1. The third kappa shape index (κ3) is 4.43. The summed E-state index contributed by atoms with van der Waals surface area (Å²) in [6.45, 7) is 4.40. The third-order valence-corrected chi connectivity index (χ3v) is 4.81. The van der Waals surface area contributed by atoms with Crippen LogP contribution in [0.25, 0.3) is 16.7 Å².